The van der Waals surface area contributed by atoms with E-state index in [1.807, 2.05) is 6.07 Å². The first-order valence-electron chi connectivity index (χ1n) is 10.2. The average molecular weight is 356 g/mol. The monoisotopic (exact) mass is 356 g/mol. The first-order chi connectivity index (χ1) is 12.8. The Balaban J connectivity index is 1.28. The Bertz CT molecular complexity index is 680. The fourth-order valence-corrected chi connectivity index (χ4v) is 5.38. The summed E-state index contributed by atoms with van der Waals surface area (Å²) in [6, 6.07) is 7.67. The third kappa shape index (κ3) is 3.07. The second-order valence-corrected chi connectivity index (χ2v) is 8.33. The molecule has 140 valence electrons. The number of amides is 1. The summed E-state index contributed by atoms with van der Waals surface area (Å²) in [6.07, 6.45) is 7.77. The summed E-state index contributed by atoms with van der Waals surface area (Å²) in [7, 11) is 0. The first-order valence-corrected chi connectivity index (χ1v) is 10.2. The number of nitrogens with zero attached hydrogens (tertiary/aromatic N) is 1. The van der Waals surface area contributed by atoms with E-state index in [-0.39, 0.29) is 6.04 Å². The largest absolute Gasteiger partial charge is 0.486 e. The van der Waals surface area contributed by atoms with Gasteiger partial charge in [0.05, 0.1) is 6.04 Å². The molecule has 4 aliphatic rings. The Morgan fingerprint density at radius 3 is 2.65 bits per heavy atom. The van der Waals surface area contributed by atoms with E-state index in [9.17, 15) is 4.79 Å². The molecule has 3 unspecified atom stereocenters. The third-order valence-corrected chi connectivity index (χ3v) is 6.56. The van der Waals surface area contributed by atoms with Gasteiger partial charge in [0.2, 0.25) is 5.91 Å². The molecular weight excluding hydrogens is 328 g/mol. The molecule has 0 spiro atoms. The number of benzene rings is 1. The quantitative estimate of drug-likeness (QED) is 0.904. The molecule has 4 heterocycles. The molecule has 0 aromatic heterocycles. The molecular formula is C21H28N2O3. The van der Waals surface area contributed by atoms with Crippen LogP contribution >= 0.6 is 0 Å². The number of hydrogen-bond donors (Lipinski definition) is 1. The van der Waals surface area contributed by atoms with E-state index in [1.165, 1.54) is 31.2 Å². The van der Waals surface area contributed by atoms with E-state index in [1.54, 1.807) is 0 Å². The molecule has 5 heteroatoms. The Morgan fingerprint density at radius 1 is 1.08 bits per heavy atom. The Hall–Kier alpha value is -1.75. The standard InChI is InChI=1S/C21H28N2O3/c24-21(12-14-10-16-4-5-17(11-14)22-16)23-7-1-2-18(23)15-3-6-19-20(13-15)26-9-8-25-19/h3,6,13-14,16-18,22H,1-2,4-5,7-12H2. The second kappa shape index (κ2) is 6.76. The number of rotatable bonds is 3. The zero-order valence-corrected chi connectivity index (χ0v) is 15.3. The molecule has 0 aliphatic carbocycles. The summed E-state index contributed by atoms with van der Waals surface area (Å²) in [5.74, 6) is 2.54. The van der Waals surface area contributed by atoms with E-state index in [0.29, 0.717) is 37.1 Å². The van der Waals surface area contributed by atoms with Gasteiger partial charge in [-0.1, -0.05) is 6.07 Å². The lowest BCUT2D eigenvalue weighted by molar-refractivity contribution is -0.133. The van der Waals surface area contributed by atoms with Gasteiger partial charge in [-0.25, -0.2) is 0 Å². The van der Waals surface area contributed by atoms with Crippen molar-refractivity contribution in [3.05, 3.63) is 23.8 Å². The van der Waals surface area contributed by atoms with E-state index in [2.05, 4.69) is 22.3 Å². The Morgan fingerprint density at radius 2 is 1.85 bits per heavy atom. The molecule has 0 radical (unpaired) electrons. The van der Waals surface area contributed by atoms with Gasteiger partial charge < -0.3 is 19.7 Å². The van der Waals surface area contributed by atoms with Gasteiger partial charge in [0.25, 0.3) is 0 Å². The van der Waals surface area contributed by atoms with Crippen LogP contribution in [0.3, 0.4) is 0 Å². The summed E-state index contributed by atoms with van der Waals surface area (Å²) in [5.41, 5.74) is 1.19. The van der Waals surface area contributed by atoms with E-state index in [0.717, 1.165) is 37.3 Å². The zero-order chi connectivity index (χ0) is 17.5. The highest BCUT2D eigenvalue weighted by atomic mass is 16.6. The van der Waals surface area contributed by atoms with Crippen molar-refractivity contribution in [2.24, 2.45) is 5.92 Å². The Kier molecular flexibility index (Phi) is 4.27. The van der Waals surface area contributed by atoms with Gasteiger partial charge in [-0.15, -0.1) is 0 Å². The Labute approximate surface area is 155 Å². The van der Waals surface area contributed by atoms with Crippen molar-refractivity contribution < 1.29 is 14.3 Å². The molecule has 3 saturated heterocycles. The number of hydrogen-bond acceptors (Lipinski definition) is 4. The number of carbonyl (C=O) groups excluding carboxylic acids is 1. The molecule has 26 heavy (non-hydrogen) atoms. The van der Waals surface area contributed by atoms with Crippen molar-refractivity contribution >= 4 is 5.91 Å². The molecule has 3 atom stereocenters. The summed E-state index contributed by atoms with van der Waals surface area (Å²) in [6.45, 7) is 2.09. The smallest absolute Gasteiger partial charge is 0.223 e. The molecule has 5 nitrogen and oxygen atoms in total. The van der Waals surface area contributed by atoms with Gasteiger partial charge in [-0.2, -0.15) is 0 Å². The van der Waals surface area contributed by atoms with Crippen LogP contribution in [0, 0.1) is 5.92 Å². The number of nitrogens with one attached hydrogen (secondary N) is 1. The van der Waals surface area contributed by atoms with Gasteiger partial charge in [0.1, 0.15) is 13.2 Å². The fraction of sp³-hybridized carbons (Fsp3) is 0.667. The molecule has 5 rings (SSSR count). The normalized spacial score (nSPS) is 32.7. The number of likely N-dealkylation sites (tertiary alicyclic amines) is 1. The van der Waals surface area contributed by atoms with Crippen LogP contribution in [0.25, 0.3) is 0 Å². The minimum absolute atomic E-state index is 0.191. The molecule has 1 N–H and O–H groups in total. The highest BCUT2D eigenvalue weighted by Gasteiger charge is 2.37. The minimum atomic E-state index is 0.191. The minimum Gasteiger partial charge on any atom is -0.486 e. The predicted octanol–water partition coefficient (Wildman–Crippen LogP) is 3.04. The summed E-state index contributed by atoms with van der Waals surface area (Å²) in [5, 5.41) is 3.68. The van der Waals surface area contributed by atoms with Crippen molar-refractivity contribution in [1.82, 2.24) is 10.2 Å². The van der Waals surface area contributed by atoms with Crippen LogP contribution in [-0.2, 0) is 4.79 Å². The van der Waals surface area contributed by atoms with Crippen LogP contribution in [-0.4, -0.2) is 42.6 Å². The summed E-state index contributed by atoms with van der Waals surface area (Å²) >= 11 is 0. The van der Waals surface area contributed by atoms with Crippen LogP contribution in [0.4, 0.5) is 0 Å². The van der Waals surface area contributed by atoms with Crippen LogP contribution < -0.4 is 14.8 Å². The molecule has 1 aromatic rings. The number of ether oxygens (including phenoxy) is 2. The molecule has 1 aromatic carbocycles. The maximum atomic E-state index is 13.1. The average Bonchev–Trinajstić information content (AvgIpc) is 3.28. The highest BCUT2D eigenvalue weighted by Crippen LogP contribution is 2.39. The van der Waals surface area contributed by atoms with Crippen LogP contribution in [0.2, 0.25) is 0 Å². The topological polar surface area (TPSA) is 50.8 Å². The molecule has 4 aliphatic heterocycles. The molecule has 1 amide bonds. The summed E-state index contributed by atoms with van der Waals surface area (Å²) in [4.78, 5) is 15.2. The van der Waals surface area contributed by atoms with E-state index < -0.39 is 0 Å². The molecule has 2 bridgehead atoms. The van der Waals surface area contributed by atoms with Gasteiger partial charge in [0.15, 0.2) is 11.5 Å². The van der Waals surface area contributed by atoms with E-state index in [4.69, 9.17) is 9.47 Å². The van der Waals surface area contributed by atoms with Gasteiger partial charge in [0, 0.05) is 25.0 Å². The molecule has 0 saturated carbocycles. The van der Waals surface area contributed by atoms with E-state index >= 15 is 0 Å². The number of fused-ring (bicyclic) bond motifs is 3. The predicted molar refractivity (Wildman–Crippen MR) is 98.4 cm³/mol. The third-order valence-electron chi connectivity index (χ3n) is 6.56. The zero-order valence-electron chi connectivity index (χ0n) is 15.3. The van der Waals surface area contributed by atoms with Gasteiger partial charge >= 0.3 is 0 Å². The number of carbonyl (C=O) groups is 1. The second-order valence-electron chi connectivity index (χ2n) is 8.33. The lowest BCUT2D eigenvalue weighted by Crippen LogP contribution is -2.40. The maximum absolute atomic E-state index is 13.1. The lowest BCUT2D eigenvalue weighted by atomic mass is 9.89. The van der Waals surface area contributed by atoms with Crippen molar-refractivity contribution in [2.75, 3.05) is 19.8 Å². The first kappa shape index (κ1) is 16.4. The van der Waals surface area contributed by atoms with Crippen molar-refractivity contribution in [1.29, 1.82) is 0 Å². The maximum Gasteiger partial charge on any atom is 0.223 e. The number of piperidine rings is 1. The van der Waals surface area contributed by atoms with Crippen LogP contribution in [0.5, 0.6) is 11.5 Å². The lowest BCUT2D eigenvalue weighted by Gasteiger charge is -2.32. The van der Waals surface area contributed by atoms with Crippen molar-refractivity contribution in [3.63, 3.8) is 0 Å². The van der Waals surface area contributed by atoms with Crippen LogP contribution in [0.15, 0.2) is 18.2 Å². The summed E-state index contributed by atoms with van der Waals surface area (Å²) < 4.78 is 11.4. The van der Waals surface area contributed by atoms with Crippen LogP contribution in [0.1, 0.15) is 56.6 Å². The van der Waals surface area contributed by atoms with Gasteiger partial charge in [-0.05, 0) is 62.1 Å². The fourth-order valence-electron chi connectivity index (χ4n) is 5.38. The SMILES string of the molecule is O=C(CC1CC2CCC(C1)N2)N1CCCC1c1ccc2c(c1)OCCO2. The van der Waals surface area contributed by atoms with Crippen molar-refractivity contribution in [2.45, 2.75) is 63.1 Å². The molecule has 3 fully saturated rings. The van der Waals surface area contributed by atoms with Crippen molar-refractivity contribution in [3.8, 4) is 11.5 Å². The highest BCUT2D eigenvalue weighted by molar-refractivity contribution is 5.77. The van der Waals surface area contributed by atoms with Gasteiger partial charge in [-0.3, -0.25) is 4.79 Å².